The molecular formula is In2Mo2O13Zr2. The Morgan fingerprint density at radius 1 is 0.211 bits per heavy atom. The molecule has 0 aromatic heterocycles. The quantitative estimate of drug-likeness (QED) is 0.233. The molecule has 0 bridgehead atoms. The van der Waals surface area contributed by atoms with Gasteiger partial charge in [0.2, 0.25) is 0 Å². The Balaban J connectivity index is 0. The van der Waals surface area contributed by atoms with E-state index in [1.54, 1.807) is 0 Å². The van der Waals surface area contributed by atoms with Gasteiger partial charge in [0.05, 0.1) is 0 Å². The normalized spacial score (nSPS) is 0. The summed E-state index contributed by atoms with van der Waals surface area (Å²) >= 11 is 0. The van der Waals surface area contributed by atoms with Gasteiger partial charge in [-0.1, -0.05) is 0 Å². The summed E-state index contributed by atoms with van der Waals surface area (Å²) in [5.41, 5.74) is 0. The summed E-state index contributed by atoms with van der Waals surface area (Å²) in [5.74, 6) is 0. The van der Waals surface area contributed by atoms with E-state index in [0.717, 1.165) is 0 Å². The molecule has 0 atom stereocenters. The third-order valence-electron chi connectivity index (χ3n) is 0. The zero-order valence-electron chi connectivity index (χ0n) is 8.28. The molecule has 0 N–H and O–H groups in total. The molecule has 0 aliphatic rings. The minimum Gasteiger partial charge on any atom is -2.00 e. The fraction of sp³-hybridized carbons (Fsp3) is 0. The number of hydrogen-bond acceptors (Lipinski definition) is 0. The summed E-state index contributed by atoms with van der Waals surface area (Å²) in [6, 6.07) is 0. The van der Waals surface area contributed by atoms with Crippen LogP contribution < -0.4 is 0 Å². The summed E-state index contributed by atoms with van der Waals surface area (Å²) < 4.78 is 0. The van der Waals surface area contributed by atoms with Crippen LogP contribution in [0.2, 0.25) is 0 Å². The summed E-state index contributed by atoms with van der Waals surface area (Å²) in [6.45, 7) is 0. The average Bonchev–Trinajstić information content (AvgIpc) is 0. The summed E-state index contributed by atoms with van der Waals surface area (Å²) in [6.07, 6.45) is 0. The van der Waals surface area contributed by atoms with Crippen molar-refractivity contribution in [2.45, 2.75) is 0 Å². The van der Waals surface area contributed by atoms with Gasteiger partial charge in [0.15, 0.2) is 0 Å². The first-order valence-electron chi connectivity index (χ1n) is 0. The van der Waals surface area contributed by atoms with Crippen LogP contribution in [0.1, 0.15) is 0 Å². The van der Waals surface area contributed by atoms with E-state index in [2.05, 4.69) is 0 Å². The molecular weight excluding hydrogens is 812 g/mol. The Morgan fingerprint density at radius 2 is 0.211 bits per heavy atom. The number of hydrogen-bond donors (Lipinski definition) is 0. The third kappa shape index (κ3) is 487. The van der Waals surface area contributed by atoms with E-state index in [0.29, 0.717) is 0 Å². The molecule has 104 valence electrons. The Bertz CT molecular complexity index is 26.6. The van der Waals surface area contributed by atoms with Crippen LogP contribution in [0.15, 0.2) is 0 Å². The van der Waals surface area contributed by atoms with Crippen LogP contribution in [0.3, 0.4) is 0 Å². The Labute approximate surface area is 214 Å². The van der Waals surface area contributed by atoms with Crippen molar-refractivity contribution in [3.05, 3.63) is 0 Å². The van der Waals surface area contributed by atoms with Crippen molar-refractivity contribution in [1.29, 1.82) is 0 Å². The molecule has 0 rings (SSSR count). The van der Waals surface area contributed by atoms with Gasteiger partial charge in [-0.2, -0.15) is 0 Å². The SMILES string of the molecule is [In+3].[In+3].[Mo+6].[Mo+6].[O-2].[O-2].[O-2].[O-2].[O-2].[O-2].[O-2].[O-2].[O-2].[O-2].[O-2].[O-2].[O-2].[Zr+4].[Zr+4]. The molecule has 0 aromatic rings. The van der Waals surface area contributed by atoms with Crippen molar-refractivity contribution in [3.63, 3.8) is 0 Å². The fourth-order valence-electron chi connectivity index (χ4n) is 0. The molecule has 13 nitrogen and oxygen atoms in total. The van der Waals surface area contributed by atoms with E-state index in [4.69, 9.17) is 0 Å². The molecule has 0 fully saturated rings. The summed E-state index contributed by atoms with van der Waals surface area (Å²) in [5, 5.41) is 0. The zero-order chi connectivity index (χ0) is 0. The molecule has 0 saturated heterocycles. The number of rotatable bonds is 0. The molecule has 0 radical (unpaired) electrons. The van der Waals surface area contributed by atoms with E-state index in [1.165, 1.54) is 0 Å². The van der Waals surface area contributed by atoms with Crippen LogP contribution in [0.25, 0.3) is 0 Å². The van der Waals surface area contributed by atoms with E-state index in [9.17, 15) is 0 Å². The Hall–Kier alpha value is 4.36. The molecule has 0 spiro atoms. The van der Waals surface area contributed by atoms with E-state index < -0.39 is 0 Å². The second-order valence-electron chi connectivity index (χ2n) is 0. The second-order valence-corrected chi connectivity index (χ2v) is 0. The van der Waals surface area contributed by atoms with Gasteiger partial charge >= 0.3 is 146 Å². The Morgan fingerprint density at radius 3 is 0.211 bits per heavy atom. The topological polar surface area (TPSA) is 370 Å². The van der Waals surface area contributed by atoms with E-state index >= 15 is 0 Å². The van der Waals surface area contributed by atoms with Gasteiger partial charge in [0, 0.05) is 0 Å². The van der Waals surface area contributed by atoms with Crippen LogP contribution >= 0.6 is 0 Å². The van der Waals surface area contributed by atoms with Crippen molar-refractivity contribution in [2.24, 2.45) is 0 Å². The predicted octanol–water partition coefficient (Wildman–Crippen LogP) is -2.32. The van der Waals surface area contributed by atoms with Gasteiger partial charge in [0.25, 0.3) is 0 Å². The minimum atomic E-state index is 0. The van der Waals surface area contributed by atoms with Gasteiger partial charge in [0.1, 0.15) is 0 Å². The first-order chi connectivity index (χ1) is 0. The van der Waals surface area contributed by atoms with E-state index in [1.807, 2.05) is 0 Å². The molecule has 19 heteroatoms. The van der Waals surface area contributed by atoms with Crippen molar-refractivity contribution in [2.75, 3.05) is 0 Å². The molecule has 19 heavy (non-hydrogen) atoms. The average molecular weight is 812 g/mol. The maximum atomic E-state index is 0. The largest absolute Gasteiger partial charge is 6.00 e. The van der Waals surface area contributed by atoms with E-state index in [-0.39, 0.29) is 217 Å². The third-order valence-corrected chi connectivity index (χ3v) is 0. The van der Waals surface area contributed by atoms with Gasteiger partial charge < -0.3 is 71.2 Å². The smallest absolute Gasteiger partial charge is 2.00 e. The second kappa shape index (κ2) is 536. The van der Waals surface area contributed by atoms with Crippen LogP contribution in [-0.4, -0.2) is 51.7 Å². The van der Waals surface area contributed by atoms with Crippen LogP contribution in [-0.2, 0) is 166 Å². The van der Waals surface area contributed by atoms with Crippen LogP contribution in [0.5, 0.6) is 0 Å². The van der Waals surface area contributed by atoms with Gasteiger partial charge in [-0.3, -0.25) is 0 Å². The fourth-order valence-corrected chi connectivity index (χ4v) is 0. The van der Waals surface area contributed by atoms with Crippen LogP contribution in [0.4, 0.5) is 0 Å². The van der Waals surface area contributed by atoms with Crippen molar-refractivity contribution in [1.82, 2.24) is 0 Å². The van der Waals surface area contributed by atoms with Gasteiger partial charge in [-0.05, 0) is 0 Å². The molecule has 0 heterocycles. The maximum absolute atomic E-state index is 0. The first kappa shape index (κ1) is 614. The van der Waals surface area contributed by atoms with Gasteiger partial charge in [-0.15, -0.1) is 0 Å². The van der Waals surface area contributed by atoms with Crippen LogP contribution in [0, 0.1) is 0 Å². The van der Waals surface area contributed by atoms with Crippen molar-refractivity contribution < 1.29 is 166 Å². The molecule has 0 unspecified atom stereocenters. The maximum Gasteiger partial charge on any atom is 6.00 e. The molecule has 0 saturated carbocycles. The molecule has 0 aromatic carbocycles. The molecule has 0 amide bonds. The predicted molar refractivity (Wildman–Crippen MR) is 20.4 cm³/mol. The zero-order valence-corrected chi connectivity index (χ0v) is 23.8. The standard InChI is InChI=1S/2In.2Mo.13O.2Zr/q2*+3;2*+6;13*-2;2*+4. The minimum absolute atomic E-state index is 0. The molecule has 0 aliphatic heterocycles. The summed E-state index contributed by atoms with van der Waals surface area (Å²) in [7, 11) is 0. The Kier molecular flexibility index (Phi) is 17300. The van der Waals surface area contributed by atoms with Gasteiger partial charge in [-0.25, -0.2) is 0 Å². The molecule has 0 aliphatic carbocycles. The first-order valence-corrected chi connectivity index (χ1v) is 0. The summed E-state index contributed by atoms with van der Waals surface area (Å²) in [4.78, 5) is 0. The monoisotopic (exact) mass is 813 g/mol. The van der Waals surface area contributed by atoms with Crippen molar-refractivity contribution in [3.8, 4) is 0 Å². The van der Waals surface area contributed by atoms with Crippen molar-refractivity contribution >= 4 is 51.7 Å².